The zero-order valence-electron chi connectivity index (χ0n) is 17.3. The highest BCUT2D eigenvalue weighted by atomic mass is 32.2. The van der Waals surface area contributed by atoms with E-state index in [4.69, 9.17) is 0 Å². The maximum Gasteiger partial charge on any atom is 0.262 e. The number of aromatic nitrogens is 2. The number of carbonyl (C=O) groups excluding carboxylic acids is 1. The Morgan fingerprint density at radius 1 is 1.20 bits per heavy atom. The molecule has 1 aliphatic rings. The minimum atomic E-state index is -0.0295. The Bertz CT molecular complexity index is 1110. The molecule has 6 heteroatoms. The molecule has 30 heavy (non-hydrogen) atoms. The molecule has 2 aromatic carbocycles. The highest BCUT2D eigenvalue weighted by Gasteiger charge is 2.22. The van der Waals surface area contributed by atoms with Gasteiger partial charge in [-0.3, -0.25) is 14.2 Å². The molecule has 1 amide bonds. The first-order chi connectivity index (χ1) is 14.7. The number of hydrogen-bond acceptors (Lipinski definition) is 4. The second kappa shape index (κ2) is 9.47. The number of para-hydroxylation sites is 1. The van der Waals surface area contributed by atoms with Crippen LogP contribution in [-0.4, -0.2) is 21.2 Å². The molecule has 4 rings (SSSR count). The van der Waals surface area contributed by atoms with E-state index in [1.54, 1.807) is 4.57 Å². The Balaban J connectivity index is 1.50. The lowest BCUT2D eigenvalue weighted by Gasteiger charge is -2.26. The van der Waals surface area contributed by atoms with E-state index in [1.165, 1.54) is 22.9 Å². The molecule has 1 unspecified atom stereocenters. The van der Waals surface area contributed by atoms with Gasteiger partial charge in [0.25, 0.3) is 5.56 Å². The Labute approximate surface area is 180 Å². The van der Waals surface area contributed by atoms with Crippen molar-refractivity contribution in [2.24, 2.45) is 0 Å². The van der Waals surface area contributed by atoms with Gasteiger partial charge in [-0.15, -0.1) is 0 Å². The summed E-state index contributed by atoms with van der Waals surface area (Å²) >= 11 is 1.34. The van der Waals surface area contributed by atoms with Crippen molar-refractivity contribution >= 4 is 28.6 Å². The van der Waals surface area contributed by atoms with E-state index >= 15 is 0 Å². The third-order valence-corrected chi connectivity index (χ3v) is 6.58. The van der Waals surface area contributed by atoms with Crippen LogP contribution in [0.15, 0.2) is 58.5 Å². The molecule has 0 bridgehead atoms. The molecule has 1 heterocycles. The van der Waals surface area contributed by atoms with Crippen molar-refractivity contribution < 1.29 is 4.79 Å². The highest BCUT2D eigenvalue weighted by Crippen LogP contribution is 2.29. The fourth-order valence-corrected chi connectivity index (χ4v) is 4.88. The van der Waals surface area contributed by atoms with Gasteiger partial charge in [-0.05, 0) is 48.9 Å². The van der Waals surface area contributed by atoms with Crippen LogP contribution in [-0.2, 0) is 17.8 Å². The van der Waals surface area contributed by atoms with E-state index in [0.29, 0.717) is 22.6 Å². The summed E-state index contributed by atoms with van der Waals surface area (Å²) in [5, 5.41) is 4.43. The fourth-order valence-electron chi connectivity index (χ4n) is 4.04. The quantitative estimate of drug-likeness (QED) is 0.451. The topological polar surface area (TPSA) is 64.0 Å². The zero-order chi connectivity index (χ0) is 20.9. The minimum Gasteiger partial charge on any atom is -0.349 e. The van der Waals surface area contributed by atoms with Gasteiger partial charge < -0.3 is 5.32 Å². The van der Waals surface area contributed by atoms with Crippen molar-refractivity contribution in [2.45, 2.75) is 56.8 Å². The van der Waals surface area contributed by atoms with Crippen LogP contribution in [0.4, 0.5) is 0 Å². The van der Waals surface area contributed by atoms with Gasteiger partial charge in [-0.25, -0.2) is 4.98 Å². The van der Waals surface area contributed by atoms with E-state index < -0.39 is 0 Å². The van der Waals surface area contributed by atoms with Crippen molar-refractivity contribution in [3.63, 3.8) is 0 Å². The second-order valence-corrected chi connectivity index (χ2v) is 8.66. The van der Waals surface area contributed by atoms with Crippen LogP contribution < -0.4 is 10.9 Å². The van der Waals surface area contributed by atoms with Gasteiger partial charge in [0, 0.05) is 6.54 Å². The number of benzene rings is 2. The van der Waals surface area contributed by atoms with Crippen LogP contribution >= 0.6 is 11.8 Å². The summed E-state index contributed by atoms with van der Waals surface area (Å²) in [5.74, 6) is 0.224. The molecule has 1 N–H and O–H groups in total. The molecule has 1 aliphatic carbocycles. The van der Waals surface area contributed by atoms with Crippen molar-refractivity contribution in [2.75, 3.05) is 5.75 Å². The Morgan fingerprint density at radius 3 is 2.87 bits per heavy atom. The average molecular weight is 422 g/mol. The Hall–Kier alpha value is -2.60. The fraction of sp³-hybridized carbons (Fsp3) is 0.375. The number of fused-ring (bicyclic) bond motifs is 2. The van der Waals surface area contributed by atoms with Crippen LogP contribution in [0.3, 0.4) is 0 Å². The first-order valence-corrected chi connectivity index (χ1v) is 11.7. The smallest absolute Gasteiger partial charge is 0.262 e. The lowest BCUT2D eigenvalue weighted by atomic mass is 9.88. The lowest BCUT2D eigenvalue weighted by Crippen LogP contribution is -2.32. The second-order valence-electron chi connectivity index (χ2n) is 7.72. The van der Waals surface area contributed by atoms with E-state index in [-0.39, 0.29) is 23.3 Å². The number of thioether (sulfide) groups is 1. The predicted octanol–water partition coefficient (Wildman–Crippen LogP) is 4.48. The van der Waals surface area contributed by atoms with Crippen molar-refractivity contribution in [1.82, 2.24) is 14.9 Å². The SMILES string of the molecule is CCCCn1c(SCC(=O)NC2CCCc3ccccc32)nc2ccccc2c1=O. The number of nitrogens with one attached hydrogen (secondary N) is 1. The summed E-state index contributed by atoms with van der Waals surface area (Å²) in [7, 11) is 0. The number of amides is 1. The molecule has 0 saturated carbocycles. The average Bonchev–Trinajstić information content (AvgIpc) is 2.77. The van der Waals surface area contributed by atoms with Gasteiger partial charge in [0.1, 0.15) is 0 Å². The number of rotatable bonds is 7. The van der Waals surface area contributed by atoms with E-state index in [1.807, 2.05) is 30.3 Å². The van der Waals surface area contributed by atoms with E-state index in [0.717, 1.165) is 32.1 Å². The van der Waals surface area contributed by atoms with Crippen LogP contribution in [0, 0.1) is 0 Å². The molecular weight excluding hydrogens is 394 g/mol. The number of aryl methyl sites for hydroxylation is 1. The molecule has 1 aromatic heterocycles. The van der Waals surface area contributed by atoms with Crippen LogP contribution in [0.2, 0.25) is 0 Å². The summed E-state index contributed by atoms with van der Waals surface area (Å²) in [6.07, 6.45) is 5.01. The molecule has 5 nitrogen and oxygen atoms in total. The number of nitrogens with zero attached hydrogens (tertiary/aromatic N) is 2. The van der Waals surface area contributed by atoms with Gasteiger partial charge in [0.2, 0.25) is 5.91 Å². The van der Waals surface area contributed by atoms with Gasteiger partial charge >= 0.3 is 0 Å². The number of unbranched alkanes of at least 4 members (excludes halogenated alkanes) is 1. The lowest BCUT2D eigenvalue weighted by molar-refractivity contribution is -0.119. The normalized spacial score (nSPS) is 15.7. The Kier molecular flexibility index (Phi) is 6.53. The highest BCUT2D eigenvalue weighted by molar-refractivity contribution is 7.99. The molecule has 3 aromatic rings. The Morgan fingerprint density at radius 2 is 2.00 bits per heavy atom. The number of carbonyl (C=O) groups is 1. The van der Waals surface area contributed by atoms with Crippen molar-refractivity contribution in [1.29, 1.82) is 0 Å². The van der Waals surface area contributed by atoms with Gasteiger partial charge in [-0.1, -0.05) is 61.5 Å². The first-order valence-electron chi connectivity index (χ1n) is 10.7. The zero-order valence-corrected chi connectivity index (χ0v) is 18.1. The maximum absolute atomic E-state index is 13.0. The molecule has 0 spiro atoms. The third kappa shape index (κ3) is 4.43. The molecule has 156 valence electrons. The maximum atomic E-state index is 13.0. The van der Waals surface area contributed by atoms with E-state index in [2.05, 4.69) is 35.4 Å². The van der Waals surface area contributed by atoms with Gasteiger partial charge in [0.05, 0.1) is 22.7 Å². The molecule has 0 radical (unpaired) electrons. The van der Waals surface area contributed by atoms with Crippen LogP contribution in [0.25, 0.3) is 10.9 Å². The van der Waals surface area contributed by atoms with Gasteiger partial charge in [-0.2, -0.15) is 0 Å². The predicted molar refractivity (Wildman–Crippen MR) is 122 cm³/mol. The van der Waals surface area contributed by atoms with Crippen molar-refractivity contribution in [3.05, 3.63) is 70.0 Å². The monoisotopic (exact) mass is 421 g/mol. The summed E-state index contributed by atoms with van der Waals surface area (Å²) in [6.45, 7) is 2.72. The molecule has 0 saturated heterocycles. The van der Waals surface area contributed by atoms with Crippen LogP contribution in [0.1, 0.15) is 49.8 Å². The third-order valence-electron chi connectivity index (χ3n) is 5.60. The van der Waals surface area contributed by atoms with Gasteiger partial charge in [0.15, 0.2) is 5.16 Å². The first kappa shape index (κ1) is 20.7. The largest absolute Gasteiger partial charge is 0.349 e. The summed E-state index contributed by atoms with van der Waals surface area (Å²) in [4.78, 5) is 30.4. The minimum absolute atomic E-state index is 0.0221. The molecule has 0 aliphatic heterocycles. The summed E-state index contributed by atoms with van der Waals surface area (Å²) < 4.78 is 1.72. The molecule has 1 atom stereocenters. The van der Waals surface area contributed by atoms with Crippen molar-refractivity contribution in [3.8, 4) is 0 Å². The molecular formula is C24H27N3O2S. The summed E-state index contributed by atoms with van der Waals surface area (Å²) in [6, 6.07) is 15.8. The standard InChI is InChI=1S/C24H27N3O2S/c1-2-3-15-27-23(29)19-12-6-7-13-21(19)26-24(27)30-16-22(28)25-20-14-8-10-17-9-4-5-11-18(17)20/h4-7,9,11-13,20H,2-3,8,10,14-16H2,1H3,(H,25,28). The summed E-state index contributed by atoms with van der Waals surface area (Å²) in [5.41, 5.74) is 3.20. The number of hydrogen-bond donors (Lipinski definition) is 1. The van der Waals surface area contributed by atoms with Crippen LogP contribution in [0.5, 0.6) is 0 Å². The van der Waals surface area contributed by atoms with E-state index in [9.17, 15) is 9.59 Å². The molecule has 0 fully saturated rings.